The summed E-state index contributed by atoms with van der Waals surface area (Å²) in [6.45, 7) is 4.24. The maximum absolute atomic E-state index is 5.42. The Labute approximate surface area is 141 Å². The molecule has 3 aromatic rings. The first kappa shape index (κ1) is 15.9. The van der Waals surface area contributed by atoms with Gasteiger partial charge in [-0.25, -0.2) is 0 Å². The Bertz CT molecular complexity index is 877. The van der Waals surface area contributed by atoms with E-state index >= 15 is 0 Å². The van der Waals surface area contributed by atoms with Gasteiger partial charge in [-0.2, -0.15) is 0 Å². The molecule has 0 saturated carbocycles. The normalized spacial score (nSPS) is 10.5. The predicted octanol–water partition coefficient (Wildman–Crippen LogP) is 4.32. The van der Waals surface area contributed by atoms with Crippen LogP contribution < -0.4 is 14.2 Å². The minimum atomic E-state index is 0.569. The molecule has 0 bridgehead atoms. The average molecular weight is 321 g/mol. The van der Waals surface area contributed by atoms with Crippen LogP contribution in [0.3, 0.4) is 0 Å². The number of aromatic nitrogens is 1. The molecule has 4 nitrogen and oxygen atoms in total. The number of fused-ring (bicyclic) bond motifs is 1. The Morgan fingerprint density at radius 1 is 0.875 bits per heavy atom. The second-order valence-electron chi connectivity index (χ2n) is 5.30. The summed E-state index contributed by atoms with van der Waals surface area (Å²) in [6, 6.07) is 13.8. The van der Waals surface area contributed by atoms with Crippen LogP contribution in [0, 0.1) is 0 Å². The van der Waals surface area contributed by atoms with Gasteiger partial charge in [0, 0.05) is 11.6 Å². The molecule has 0 fully saturated rings. The molecule has 0 amide bonds. The first-order valence-electron chi connectivity index (χ1n) is 7.52. The fourth-order valence-corrected chi connectivity index (χ4v) is 2.69. The summed E-state index contributed by atoms with van der Waals surface area (Å²) >= 11 is 0. The topological polar surface area (TPSA) is 40.6 Å². The van der Waals surface area contributed by atoms with E-state index in [4.69, 9.17) is 14.2 Å². The molecule has 0 saturated heterocycles. The lowest BCUT2D eigenvalue weighted by molar-refractivity contribution is 0.324. The highest BCUT2D eigenvalue weighted by Crippen LogP contribution is 2.40. The maximum atomic E-state index is 5.42. The van der Waals surface area contributed by atoms with Gasteiger partial charge in [0.15, 0.2) is 11.5 Å². The SMILES string of the molecule is C=C(c1cc(OC)c(OC)c(OC)c1)c1ccc2ncccc2c1. The van der Waals surface area contributed by atoms with E-state index in [1.54, 1.807) is 27.5 Å². The van der Waals surface area contributed by atoms with Crippen LogP contribution >= 0.6 is 0 Å². The van der Waals surface area contributed by atoms with E-state index in [-0.39, 0.29) is 0 Å². The summed E-state index contributed by atoms with van der Waals surface area (Å²) in [4.78, 5) is 4.35. The zero-order chi connectivity index (χ0) is 17.1. The number of pyridine rings is 1. The average Bonchev–Trinajstić information content (AvgIpc) is 2.65. The lowest BCUT2D eigenvalue weighted by Crippen LogP contribution is -1.97. The second kappa shape index (κ2) is 6.62. The van der Waals surface area contributed by atoms with Crippen LogP contribution in [0.15, 0.2) is 55.2 Å². The Balaban J connectivity index is 2.08. The summed E-state index contributed by atoms with van der Waals surface area (Å²) in [5, 5.41) is 1.07. The quantitative estimate of drug-likeness (QED) is 0.701. The van der Waals surface area contributed by atoms with Crippen LogP contribution in [0.2, 0.25) is 0 Å². The third-order valence-corrected chi connectivity index (χ3v) is 3.96. The largest absolute Gasteiger partial charge is 0.493 e. The van der Waals surface area contributed by atoms with E-state index in [1.165, 1.54) is 0 Å². The summed E-state index contributed by atoms with van der Waals surface area (Å²) in [5.74, 6) is 1.78. The predicted molar refractivity (Wildman–Crippen MR) is 96.0 cm³/mol. The van der Waals surface area contributed by atoms with Gasteiger partial charge in [0.25, 0.3) is 0 Å². The Morgan fingerprint density at radius 2 is 1.58 bits per heavy atom. The first-order valence-corrected chi connectivity index (χ1v) is 7.52. The fourth-order valence-electron chi connectivity index (χ4n) is 2.69. The Hall–Kier alpha value is -3.01. The molecule has 0 atom stereocenters. The van der Waals surface area contributed by atoms with Gasteiger partial charge in [-0.1, -0.05) is 18.7 Å². The molecule has 1 aromatic heterocycles. The summed E-state index contributed by atoms with van der Waals surface area (Å²) in [5.41, 5.74) is 3.76. The van der Waals surface area contributed by atoms with Gasteiger partial charge in [0.1, 0.15) is 0 Å². The lowest BCUT2D eigenvalue weighted by Gasteiger charge is -2.15. The van der Waals surface area contributed by atoms with Gasteiger partial charge in [0.05, 0.1) is 26.8 Å². The summed E-state index contributed by atoms with van der Waals surface area (Å²) in [6.07, 6.45) is 1.79. The molecule has 0 spiro atoms. The van der Waals surface area contributed by atoms with Gasteiger partial charge < -0.3 is 14.2 Å². The van der Waals surface area contributed by atoms with Crippen molar-refractivity contribution in [2.45, 2.75) is 0 Å². The van der Waals surface area contributed by atoms with E-state index in [9.17, 15) is 0 Å². The van der Waals surface area contributed by atoms with Crippen molar-refractivity contribution in [3.05, 3.63) is 66.4 Å². The van der Waals surface area contributed by atoms with Crippen LogP contribution in [0.5, 0.6) is 17.2 Å². The molecule has 2 aromatic carbocycles. The van der Waals surface area contributed by atoms with Crippen LogP contribution in [0.1, 0.15) is 11.1 Å². The standard InChI is InChI=1S/C20H19NO3/c1-13(14-7-8-17-15(10-14)6-5-9-21-17)16-11-18(22-2)20(24-4)19(12-16)23-3/h5-12H,1H2,2-4H3. The molecule has 1 heterocycles. The summed E-state index contributed by atoms with van der Waals surface area (Å²) < 4.78 is 16.2. The third kappa shape index (κ3) is 2.78. The highest BCUT2D eigenvalue weighted by molar-refractivity contribution is 5.87. The Kier molecular flexibility index (Phi) is 4.38. The third-order valence-electron chi connectivity index (χ3n) is 3.96. The molecule has 122 valence electrons. The highest BCUT2D eigenvalue weighted by Gasteiger charge is 2.15. The number of hydrogen-bond donors (Lipinski definition) is 0. The zero-order valence-corrected chi connectivity index (χ0v) is 14.0. The molecule has 0 aliphatic heterocycles. The van der Waals surface area contributed by atoms with Crippen molar-refractivity contribution >= 4 is 16.5 Å². The van der Waals surface area contributed by atoms with Gasteiger partial charge in [-0.3, -0.25) is 4.98 Å². The molecule has 0 radical (unpaired) electrons. The number of rotatable bonds is 5. The van der Waals surface area contributed by atoms with E-state index in [1.807, 2.05) is 36.4 Å². The van der Waals surface area contributed by atoms with Crippen LogP contribution in [0.4, 0.5) is 0 Å². The van der Waals surface area contributed by atoms with Crippen LogP contribution in [0.25, 0.3) is 16.5 Å². The molecule has 4 heteroatoms. The fraction of sp³-hybridized carbons (Fsp3) is 0.150. The lowest BCUT2D eigenvalue weighted by atomic mass is 9.97. The van der Waals surface area contributed by atoms with E-state index in [0.717, 1.165) is 27.6 Å². The molecule has 0 N–H and O–H groups in total. The molecular weight excluding hydrogens is 302 g/mol. The molecule has 24 heavy (non-hydrogen) atoms. The van der Waals surface area contributed by atoms with Crippen molar-refractivity contribution < 1.29 is 14.2 Å². The van der Waals surface area contributed by atoms with E-state index in [0.29, 0.717) is 17.2 Å². The zero-order valence-electron chi connectivity index (χ0n) is 14.0. The van der Waals surface area contributed by atoms with E-state index < -0.39 is 0 Å². The van der Waals surface area contributed by atoms with Gasteiger partial charge >= 0.3 is 0 Å². The van der Waals surface area contributed by atoms with Gasteiger partial charge in [-0.05, 0) is 47.0 Å². The second-order valence-corrected chi connectivity index (χ2v) is 5.30. The van der Waals surface area contributed by atoms with Crippen LogP contribution in [-0.2, 0) is 0 Å². The van der Waals surface area contributed by atoms with Crippen LogP contribution in [-0.4, -0.2) is 26.3 Å². The minimum absolute atomic E-state index is 0.569. The number of methoxy groups -OCH3 is 3. The van der Waals surface area contributed by atoms with E-state index in [2.05, 4.69) is 17.6 Å². The van der Waals surface area contributed by atoms with Crippen molar-refractivity contribution in [1.82, 2.24) is 4.98 Å². The van der Waals surface area contributed by atoms with Crippen molar-refractivity contribution in [3.8, 4) is 17.2 Å². The maximum Gasteiger partial charge on any atom is 0.203 e. The summed E-state index contributed by atoms with van der Waals surface area (Å²) in [7, 11) is 4.79. The minimum Gasteiger partial charge on any atom is -0.493 e. The molecule has 0 unspecified atom stereocenters. The number of ether oxygens (including phenoxy) is 3. The van der Waals surface area contributed by atoms with Gasteiger partial charge in [0.2, 0.25) is 5.75 Å². The number of benzene rings is 2. The molecule has 0 aliphatic rings. The van der Waals surface area contributed by atoms with Gasteiger partial charge in [-0.15, -0.1) is 0 Å². The van der Waals surface area contributed by atoms with Crippen molar-refractivity contribution in [2.75, 3.05) is 21.3 Å². The molecule has 3 rings (SSSR count). The van der Waals surface area contributed by atoms with Crippen molar-refractivity contribution in [3.63, 3.8) is 0 Å². The smallest absolute Gasteiger partial charge is 0.203 e. The number of hydrogen-bond acceptors (Lipinski definition) is 4. The Morgan fingerprint density at radius 3 is 2.21 bits per heavy atom. The first-order chi connectivity index (χ1) is 11.7. The van der Waals surface area contributed by atoms with Crippen molar-refractivity contribution in [1.29, 1.82) is 0 Å². The molecular formula is C20H19NO3. The molecule has 0 aliphatic carbocycles. The monoisotopic (exact) mass is 321 g/mol. The van der Waals surface area contributed by atoms with Crippen molar-refractivity contribution in [2.24, 2.45) is 0 Å². The number of nitrogens with zero attached hydrogens (tertiary/aromatic N) is 1. The highest BCUT2D eigenvalue weighted by atomic mass is 16.5.